The Morgan fingerprint density at radius 3 is 2.55 bits per heavy atom. The van der Waals surface area contributed by atoms with E-state index in [4.69, 9.17) is 0 Å². The van der Waals surface area contributed by atoms with Crippen molar-refractivity contribution in [3.05, 3.63) is 29.3 Å². The first-order valence-electron chi connectivity index (χ1n) is 16.5. The standard InChI is InChI=1S/C33H48F5NO4S/c1-31-15-13-27-26-10-9-25(40)20-23(26)19-22(30(27)28(31)11-12-29(31)41)7-3-2-4-16-39-17-5-8-24(39)21-44(42,43)18-6-14-32(34,35)33(36,37)38/h9-10,20,22,24,27-30,40-41H,2-8,11-19,21H2,1H3/t22-,24+,27-,28+,29+,30-,31+/m1/s1. The topological polar surface area (TPSA) is 77.8 Å². The Labute approximate surface area is 258 Å². The molecule has 1 aromatic rings. The molecule has 0 unspecified atom stereocenters. The summed E-state index contributed by atoms with van der Waals surface area (Å²) < 4.78 is 88.8. The molecular formula is C33H48F5NO4S. The molecule has 4 aliphatic rings. The summed E-state index contributed by atoms with van der Waals surface area (Å²) in [4.78, 5) is 2.14. The molecule has 44 heavy (non-hydrogen) atoms. The molecule has 3 fully saturated rings. The van der Waals surface area contributed by atoms with E-state index < -0.39 is 40.5 Å². The summed E-state index contributed by atoms with van der Waals surface area (Å²) in [5.74, 6) is -3.47. The summed E-state index contributed by atoms with van der Waals surface area (Å²) >= 11 is 0. The smallest absolute Gasteiger partial charge is 0.453 e. The van der Waals surface area contributed by atoms with Gasteiger partial charge in [-0.2, -0.15) is 22.0 Å². The number of hydrogen-bond acceptors (Lipinski definition) is 5. The molecule has 7 atom stereocenters. The SMILES string of the molecule is C[C@]12CC[C@@H]3c4ccc(O)cc4C[C@@H](CCCCCN4CCC[C@H]4CS(=O)(=O)CCCC(F)(F)C(F)(F)F)[C@H]3[C@@H]1CC[C@@H]2O. The van der Waals surface area contributed by atoms with Crippen molar-refractivity contribution in [1.82, 2.24) is 4.90 Å². The molecule has 0 radical (unpaired) electrons. The highest BCUT2D eigenvalue weighted by Crippen LogP contribution is 2.62. The zero-order valence-electron chi connectivity index (χ0n) is 25.7. The maximum Gasteiger partial charge on any atom is 0.453 e. The van der Waals surface area contributed by atoms with Gasteiger partial charge in [-0.15, -0.1) is 0 Å². The number of fused-ring (bicyclic) bond motifs is 5. The van der Waals surface area contributed by atoms with Crippen LogP contribution in [0.25, 0.3) is 0 Å². The van der Waals surface area contributed by atoms with E-state index in [0.717, 1.165) is 77.3 Å². The van der Waals surface area contributed by atoms with Gasteiger partial charge in [0.05, 0.1) is 17.6 Å². The van der Waals surface area contributed by atoms with Crippen molar-refractivity contribution >= 4 is 9.84 Å². The predicted molar refractivity (Wildman–Crippen MR) is 160 cm³/mol. The van der Waals surface area contributed by atoms with E-state index in [1.54, 1.807) is 6.07 Å². The Morgan fingerprint density at radius 1 is 1.02 bits per heavy atom. The van der Waals surface area contributed by atoms with Crippen LogP contribution in [0.3, 0.4) is 0 Å². The van der Waals surface area contributed by atoms with Crippen molar-refractivity contribution in [3.63, 3.8) is 0 Å². The fourth-order valence-corrected chi connectivity index (χ4v) is 11.1. The van der Waals surface area contributed by atoms with E-state index in [0.29, 0.717) is 35.8 Å². The van der Waals surface area contributed by atoms with Gasteiger partial charge in [0, 0.05) is 12.5 Å². The number of aliphatic hydroxyl groups excluding tert-OH is 1. The van der Waals surface area contributed by atoms with Gasteiger partial charge in [-0.3, -0.25) is 4.90 Å². The van der Waals surface area contributed by atoms with Gasteiger partial charge in [0.15, 0.2) is 9.84 Å². The molecule has 1 aromatic carbocycles. The number of phenols is 1. The second-order valence-corrected chi connectivity index (χ2v) is 16.6. The van der Waals surface area contributed by atoms with E-state index in [1.165, 1.54) is 11.1 Å². The molecule has 0 bridgehead atoms. The fourth-order valence-electron chi connectivity index (χ4n) is 9.34. The number of halogens is 5. The van der Waals surface area contributed by atoms with Crippen LogP contribution in [0.1, 0.15) is 101 Å². The van der Waals surface area contributed by atoms with Crippen LogP contribution in [0.4, 0.5) is 22.0 Å². The number of rotatable bonds is 12. The van der Waals surface area contributed by atoms with Crippen molar-refractivity contribution < 1.29 is 40.6 Å². The molecule has 1 aliphatic heterocycles. The van der Waals surface area contributed by atoms with Gasteiger partial charge in [-0.05, 0) is 130 Å². The highest BCUT2D eigenvalue weighted by atomic mass is 32.2. The van der Waals surface area contributed by atoms with Gasteiger partial charge >= 0.3 is 12.1 Å². The first kappa shape index (κ1) is 33.9. The van der Waals surface area contributed by atoms with E-state index in [1.807, 2.05) is 6.07 Å². The number of phenolic OH excluding ortho intramolecular Hbond substituents is 1. The molecule has 1 heterocycles. The van der Waals surface area contributed by atoms with Crippen LogP contribution in [0.2, 0.25) is 0 Å². The van der Waals surface area contributed by atoms with Crippen molar-refractivity contribution in [3.8, 4) is 5.75 Å². The van der Waals surface area contributed by atoms with Gasteiger partial charge in [-0.1, -0.05) is 25.8 Å². The Balaban J connectivity index is 1.12. The lowest BCUT2D eigenvalue weighted by atomic mass is 9.52. The summed E-state index contributed by atoms with van der Waals surface area (Å²) in [6.45, 7) is 3.79. The average Bonchev–Trinajstić information content (AvgIpc) is 3.49. The van der Waals surface area contributed by atoms with E-state index in [2.05, 4.69) is 17.9 Å². The molecule has 1 saturated heterocycles. The van der Waals surface area contributed by atoms with Crippen LogP contribution in [-0.2, 0) is 16.3 Å². The van der Waals surface area contributed by atoms with Crippen molar-refractivity contribution in [2.45, 2.75) is 121 Å². The number of likely N-dealkylation sites (tertiary alicyclic amines) is 1. The minimum Gasteiger partial charge on any atom is -0.508 e. The third kappa shape index (κ3) is 7.09. The number of alkyl halides is 5. The average molecular weight is 650 g/mol. The molecule has 0 amide bonds. The number of hydrogen-bond donors (Lipinski definition) is 2. The third-order valence-electron chi connectivity index (χ3n) is 11.7. The zero-order valence-corrected chi connectivity index (χ0v) is 26.5. The lowest BCUT2D eigenvalue weighted by molar-refractivity contribution is -0.284. The van der Waals surface area contributed by atoms with Gasteiger partial charge in [0.1, 0.15) is 5.75 Å². The molecule has 250 valence electrons. The number of benzene rings is 1. The number of unbranched alkanes of at least 4 members (excludes halogenated alkanes) is 2. The maximum absolute atomic E-state index is 13.2. The fraction of sp³-hybridized carbons (Fsp3) is 0.818. The number of aliphatic hydroxyl groups is 1. The van der Waals surface area contributed by atoms with Gasteiger partial charge in [0.25, 0.3) is 0 Å². The van der Waals surface area contributed by atoms with Crippen LogP contribution in [-0.4, -0.2) is 72.4 Å². The first-order valence-corrected chi connectivity index (χ1v) is 18.3. The first-order chi connectivity index (χ1) is 20.6. The molecule has 5 nitrogen and oxygen atoms in total. The van der Waals surface area contributed by atoms with Crippen molar-refractivity contribution in [2.24, 2.45) is 23.2 Å². The number of nitrogens with zero attached hydrogens (tertiary/aromatic N) is 1. The van der Waals surface area contributed by atoms with E-state index in [9.17, 15) is 40.6 Å². The largest absolute Gasteiger partial charge is 0.508 e. The Kier molecular flexibility index (Phi) is 9.99. The van der Waals surface area contributed by atoms with Crippen LogP contribution >= 0.6 is 0 Å². The second kappa shape index (κ2) is 13.0. The zero-order chi connectivity index (χ0) is 31.9. The molecule has 0 aromatic heterocycles. The van der Waals surface area contributed by atoms with Gasteiger partial charge < -0.3 is 10.2 Å². The Morgan fingerprint density at radius 2 is 1.80 bits per heavy atom. The molecular weight excluding hydrogens is 601 g/mol. The normalized spacial score (nSPS) is 32.8. The lowest BCUT2D eigenvalue weighted by Gasteiger charge is -2.53. The summed E-state index contributed by atoms with van der Waals surface area (Å²) in [5.41, 5.74) is 2.59. The molecule has 3 aliphatic carbocycles. The van der Waals surface area contributed by atoms with Crippen molar-refractivity contribution in [2.75, 3.05) is 24.6 Å². The quantitative estimate of drug-likeness (QED) is 0.184. The molecule has 5 rings (SSSR count). The second-order valence-electron chi connectivity index (χ2n) is 14.4. The van der Waals surface area contributed by atoms with Crippen molar-refractivity contribution in [1.29, 1.82) is 0 Å². The van der Waals surface area contributed by atoms with Crippen LogP contribution in [0.15, 0.2) is 18.2 Å². The van der Waals surface area contributed by atoms with Crippen LogP contribution < -0.4 is 0 Å². The summed E-state index contributed by atoms with van der Waals surface area (Å²) in [7, 11) is -3.75. The van der Waals surface area contributed by atoms with E-state index in [-0.39, 0.29) is 23.3 Å². The molecule has 2 saturated carbocycles. The van der Waals surface area contributed by atoms with E-state index >= 15 is 0 Å². The Hall–Kier alpha value is -1.46. The van der Waals surface area contributed by atoms with Crippen LogP contribution in [0, 0.1) is 23.2 Å². The maximum atomic E-state index is 13.2. The summed E-state index contributed by atoms with van der Waals surface area (Å²) in [5, 5.41) is 21.1. The predicted octanol–water partition coefficient (Wildman–Crippen LogP) is 7.25. The lowest BCUT2D eigenvalue weighted by Crippen LogP contribution is -2.47. The Bertz CT molecular complexity index is 1260. The third-order valence-corrected chi connectivity index (χ3v) is 13.5. The summed E-state index contributed by atoms with van der Waals surface area (Å²) in [6.07, 6.45) is 2.36. The van der Waals surface area contributed by atoms with Crippen LogP contribution in [0.5, 0.6) is 5.75 Å². The minimum atomic E-state index is -5.67. The number of sulfone groups is 1. The number of aromatic hydroxyl groups is 1. The highest BCUT2D eigenvalue weighted by Gasteiger charge is 2.57. The molecule has 11 heteroatoms. The van der Waals surface area contributed by atoms with Gasteiger partial charge in [-0.25, -0.2) is 8.42 Å². The monoisotopic (exact) mass is 649 g/mol. The summed E-state index contributed by atoms with van der Waals surface area (Å²) in [6, 6.07) is 5.62. The highest BCUT2D eigenvalue weighted by molar-refractivity contribution is 7.91. The minimum absolute atomic E-state index is 0.0296. The molecule has 0 spiro atoms. The van der Waals surface area contributed by atoms with Gasteiger partial charge in [0.2, 0.25) is 0 Å². The molecule has 2 N–H and O–H groups in total.